The zero-order chi connectivity index (χ0) is 17.3. The molecule has 0 saturated heterocycles. The number of primary amides is 1. The summed E-state index contributed by atoms with van der Waals surface area (Å²) in [5.74, 6) is 0.104. The van der Waals surface area contributed by atoms with Crippen LogP contribution >= 0.6 is 0 Å². The molecule has 1 aliphatic heterocycles. The zero-order valence-corrected chi connectivity index (χ0v) is 13.5. The fraction of sp³-hybridized carbons (Fsp3) is 0.294. The summed E-state index contributed by atoms with van der Waals surface area (Å²) < 4.78 is 17.9. The molecule has 0 radical (unpaired) electrons. The summed E-state index contributed by atoms with van der Waals surface area (Å²) in [6.45, 7) is 4.29. The van der Waals surface area contributed by atoms with E-state index in [0.29, 0.717) is 36.0 Å². The maximum Gasteiger partial charge on any atom is 0.340 e. The van der Waals surface area contributed by atoms with Crippen LogP contribution in [-0.2, 0) is 9.53 Å². The highest BCUT2D eigenvalue weighted by Gasteiger charge is 2.20. The Morgan fingerprint density at radius 3 is 2.58 bits per heavy atom. The maximum absolute atomic E-state index is 12.1. The van der Waals surface area contributed by atoms with Crippen molar-refractivity contribution in [3.63, 3.8) is 0 Å². The standard InChI is InChI=1S/C17H18N2O5/c1-10-7-13(17(21)24-9-16(18)20)11(2)19(10)12-3-4-14-15(8-12)23-6-5-22-14/h3-4,7-8H,5-6,9H2,1-2H3,(H2,18,20). The van der Waals surface area contributed by atoms with Gasteiger partial charge < -0.3 is 24.5 Å². The SMILES string of the molecule is Cc1cc(C(=O)OCC(N)=O)c(C)n1-c1ccc2c(c1)OCCO2. The van der Waals surface area contributed by atoms with Crippen molar-refractivity contribution >= 4 is 11.9 Å². The number of hydrogen-bond acceptors (Lipinski definition) is 5. The van der Waals surface area contributed by atoms with E-state index in [1.807, 2.05) is 36.6 Å². The molecule has 0 unspecified atom stereocenters. The molecule has 2 aromatic rings. The molecular formula is C17H18N2O5. The molecule has 2 N–H and O–H groups in total. The third-order valence-electron chi connectivity index (χ3n) is 3.78. The highest BCUT2D eigenvalue weighted by Crippen LogP contribution is 2.33. The van der Waals surface area contributed by atoms with Crippen molar-refractivity contribution in [1.82, 2.24) is 4.57 Å². The van der Waals surface area contributed by atoms with Crippen LogP contribution in [0.15, 0.2) is 24.3 Å². The second-order valence-electron chi connectivity index (χ2n) is 5.49. The number of aromatic nitrogens is 1. The number of fused-ring (bicyclic) bond motifs is 1. The molecule has 2 heterocycles. The van der Waals surface area contributed by atoms with Crippen LogP contribution in [0.5, 0.6) is 11.5 Å². The highest BCUT2D eigenvalue weighted by atomic mass is 16.6. The van der Waals surface area contributed by atoms with E-state index in [9.17, 15) is 9.59 Å². The lowest BCUT2D eigenvalue weighted by molar-refractivity contribution is -0.121. The molecule has 1 aliphatic rings. The lowest BCUT2D eigenvalue weighted by Crippen LogP contribution is -2.21. The normalized spacial score (nSPS) is 12.8. The van der Waals surface area contributed by atoms with Gasteiger partial charge in [-0.3, -0.25) is 4.79 Å². The van der Waals surface area contributed by atoms with Gasteiger partial charge in [-0.1, -0.05) is 0 Å². The Bertz CT molecular complexity index is 810. The summed E-state index contributed by atoms with van der Waals surface area (Å²) in [5, 5.41) is 0. The summed E-state index contributed by atoms with van der Waals surface area (Å²) in [4.78, 5) is 22.9. The fourth-order valence-electron chi connectivity index (χ4n) is 2.75. The van der Waals surface area contributed by atoms with E-state index in [4.69, 9.17) is 19.9 Å². The summed E-state index contributed by atoms with van der Waals surface area (Å²) >= 11 is 0. The van der Waals surface area contributed by atoms with Crippen LogP contribution in [0.25, 0.3) is 5.69 Å². The lowest BCUT2D eigenvalue weighted by atomic mass is 10.2. The van der Waals surface area contributed by atoms with E-state index in [1.165, 1.54) is 0 Å². The number of aryl methyl sites for hydroxylation is 1. The molecule has 0 atom stereocenters. The van der Waals surface area contributed by atoms with Crippen LogP contribution in [0.2, 0.25) is 0 Å². The van der Waals surface area contributed by atoms with Gasteiger partial charge in [-0.05, 0) is 32.0 Å². The first-order chi connectivity index (χ1) is 11.5. The van der Waals surface area contributed by atoms with E-state index in [1.54, 1.807) is 6.07 Å². The van der Waals surface area contributed by atoms with Gasteiger partial charge >= 0.3 is 5.97 Å². The van der Waals surface area contributed by atoms with Crippen LogP contribution in [0, 0.1) is 13.8 Å². The van der Waals surface area contributed by atoms with E-state index in [0.717, 1.165) is 11.4 Å². The Morgan fingerprint density at radius 2 is 1.88 bits per heavy atom. The molecule has 0 bridgehead atoms. The molecule has 126 valence electrons. The smallest absolute Gasteiger partial charge is 0.340 e. The quantitative estimate of drug-likeness (QED) is 0.858. The Kier molecular flexibility index (Phi) is 4.16. The number of benzene rings is 1. The zero-order valence-electron chi connectivity index (χ0n) is 13.5. The largest absolute Gasteiger partial charge is 0.486 e. The molecule has 7 heteroatoms. The Morgan fingerprint density at radius 1 is 1.17 bits per heavy atom. The summed E-state index contributed by atoms with van der Waals surface area (Å²) in [7, 11) is 0. The molecule has 7 nitrogen and oxygen atoms in total. The maximum atomic E-state index is 12.1. The van der Waals surface area contributed by atoms with Gasteiger partial charge in [0.1, 0.15) is 13.2 Å². The predicted molar refractivity (Wildman–Crippen MR) is 85.7 cm³/mol. The van der Waals surface area contributed by atoms with Crippen LogP contribution in [-0.4, -0.2) is 36.3 Å². The van der Waals surface area contributed by atoms with Crippen LogP contribution in [0.4, 0.5) is 0 Å². The Hall–Kier alpha value is -2.96. The van der Waals surface area contributed by atoms with Gasteiger partial charge in [-0.15, -0.1) is 0 Å². The number of amides is 1. The van der Waals surface area contributed by atoms with Crippen molar-refractivity contribution in [2.24, 2.45) is 5.73 Å². The highest BCUT2D eigenvalue weighted by molar-refractivity contribution is 5.92. The van der Waals surface area contributed by atoms with E-state index < -0.39 is 18.5 Å². The number of carbonyl (C=O) groups is 2. The van der Waals surface area contributed by atoms with E-state index >= 15 is 0 Å². The van der Waals surface area contributed by atoms with Gasteiger partial charge in [0.15, 0.2) is 18.1 Å². The van der Waals surface area contributed by atoms with Crippen molar-refractivity contribution in [1.29, 1.82) is 0 Å². The minimum atomic E-state index is -0.691. The topological polar surface area (TPSA) is 92.8 Å². The van der Waals surface area contributed by atoms with Crippen LogP contribution in [0.3, 0.4) is 0 Å². The first-order valence-electron chi connectivity index (χ1n) is 7.52. The lowest BCUT2D eigenvalue weighted by Gasteiger charge is -2.20. The monoisotopic (exact) mass is 330 g/mol. The molecule has 1 aromatic heterocycles. The fourth-order valence-corrected chi connectivity index (χ4v) is 2.75. The number of hydrogen-bond donors (Lipinski definition) is 1. The first kappa shape index (κ1) is 15.9. The Balaban J connectivity index is 1.94. The molecule has 24 heavy (non-hydrogen) atoms. The van der Waals surface area contributed by atoms with E-state index in [-0.39, 0.29) is 0 Å². The molecule has 0 aliphatic carbocycles. The molecule has 0 saturated carbocycles. The number of nitrogens with two attached hydrogens (primary N) is 1. The number of esters is 1. The number of ether oxygens (including phenoxy) is 3. The van der Waals surface area contributed by atoms with Crippen molar-refractivity contribution in [3.05, 3.63) is 41.2 Å². The van der Waals surface area contributed by atoms with Gasteiger partial charge in [0, 0.05) is 23.1 Å². The summed E-state index contributed by atoms with van der Waals surface area (Å²) in [6.07, 6.45) is 0. The van der Waals surface area contributed by atoms with Crippen molar-refractivity contribution in [2.45, 2.75) is 13.8 Å². The number of nitrogens with zero attached hydrogens (tertiary/aromatic N) is 1. The number of carbonyl (C=O) groups excluding carboxylic acids is 2. The minimum Gasteiger partial charge on any atom is -0.486 e. The molecule has 3 rings (SSSR count). The molecule has 1 aromatic carbocycles. The molecular weight excluding hydrogens is 312 g/mol. The third kappa shape index (κ3) is 2.92. The predicted octanol–water partition coefficient (Wildman–Crippen LogP) is 1.51. The second-order valence-corrected chi connectivity index (χ2v) is 5.49. The first-order valence-corrected chi connectivity index (χ1v) is 7.52. The average molecular weight is 330 g/mol. The summed E-state index contributed by atoms with van der Waals surface area (Å²) in [5.41, 5.74) is 7.81. The van der Waals surface area contributed by atoms with Crippen molar-refractivity contribution in [2.75, 3.05) is 19.8 Å². The van der Waals surface area contributed by atoms with Crippen LogP contribution < -0.4 is 15.2 Å². The third-order valence-corrected chi connectivity index (χ3v) is 3.78. The van der Waals surface area contributed by atoms with Gasteiger partial charge in [0.25, 0.3) is 5.91 Å². The van der Waals surface area contributed by atoms with Crippen molar-refractivity contribution in [3.8, 4) is 17.2 Å². The summed E-state index contributed by atoms with van der Waals surface area (Å²) in [6, 6.07) is 7.32. The van der Waals surface area contributed by atoms with Crippen LogP contribution in [0.1, 0.15) is 21.7 Å². The molecule has 0 spiro atoms. The number of rotatable bonds is 4. The van der Waals surface area contributed by atoms with Gasteiger partial charge in [0.05, 0.1) is 5.56 Å². The second kappa shape index (κ2) is 6.27. The minimum absolute atomic E-state index is 0.392. The van der Waals surface area contributed by atoms with E-state index in [2.05, 4.69) is 0 Å². The molecule has 1 amide bonds. The van der Waals surface area contributed by atoms with Crippen molar-refractivity contribution < 1.29 is 23.8 Å². The van der Waals surface area contributed by atoms with Gasteiger partial charge in [0.2, 0.25) is 0 Å². The van der Waals surface area contributed by atoms with Gasteiger partial charge in [-0.25, -0.2) is 4.79 Å². The van der Waals surface area contributed by atoms with Gasteiger partial charge in [-0.2, -0.15) is 0 Å². The molecule has 0 fully saturated rings. The Labute approximate surface area is 138 Å². The average Bonchev–Trinajstić information content (AvgIpc) is 2.87.